The number of ether oxygens (including phenoxy) is 2. The number of hydrogen-bond acceptors (Lipinski definition) is 5. The highest BCUT2D eigenvalue weighted by atomic mass is 32.2. The minimum Gasteiger partial charge on any atom is -0.493 e. The molecule has 0 unspecified atom stereocenters. The number of nitrogens with one attached hydrogen (secondary N) is 1. The quantitative estimate of drug-likeness (QED) is 0.589. The van der Waals surface area contributed by atoms with Crippen LogP contribution in [0.3, 0.4) is 0 Å². The van der Waals surface area contributed by atoms with Gasteiger partial charge in [0.25, 0.3) is 0 Å². The van der Waals surface area contributed by atoms with Gasteiger partial charge in [-0.3, -0.25) is 4.79 Å². The third-order valence-electron chi connectivity index (χ3n) is 5.77. The normalized spacial score (nSPS) is 17.0. The van der Waals surface area contributed by atoms with Gasteiger partial charge in [-0.25, -0.2) is 12.7 Å². The minimum atomic E-state index is -3.38. The third kappa shape index (κ3) is 6.46. The molecule has 0 spiro atoms. The molecule has 174 valence electrons. The van der Waals surface area contributed by atoms with E-state index in [1.165, 1.54) is 4.31 Å². The van der Waals surface area contributed by atoms with Crippen LogP contribution in [0.5, 0.6) is 11.5 Å². The van der Waals surface area contributed by atoms with E-state index in [1.54, 1.807) is 20.3 Å². The lowest BCUT2D eigenvalue weighted by atomic mass is 9.98. The molecular formula is C24H32N2O5S. The molecule has 2 aromatic carbocycles. The van der Waals surface area contributed by atoms with Crippen molar-refractivity contribution in [1.29, 1.82) is 0 Å². The molecule has 1 amide bonds. The zero-order chi connectivity index (χ0) is 23.0. The molecule has 1 aliphatic rings. The molecule has 1 aliphatic heterocycles. The van der Waals surface area contributed by atoms with Crippen molar-refractivity contribution in [3.63, 3.8) is 0 Å². The Kier molecular flexibility index (Phi) is 8.53. The molecular weight excluding hydrogens is 428 g/mol. The van der Waals surface area contributed by atoms with Crippen molar-refractivity contribution in [2.24, 2.45) is 5.92 Å². The van der Waals surface area contributed by atoms with E-state index in [-0.39, 0.29) is 24.1 Å². The molecule has 0 aromatic heterocycles. The van der Waals surface area contributed by atoms with E-state index >= 15 is 0 Å². The summed E-state index contributed by atoms with van der Waals surface area (Å²) in [5, 5.41) is 2.94. The van der Waals surface area contributed by atoms with Crippen LogP contribution in [0.15, 0.2) is 48.5 Å². The molecule has 2 aromatic rings. The summed E-state index contributed by atoms with van der Waals surface area (Å²) in [6, 6.07) is 15.4. The van der Waals surface area contributed by atoms with Crippen LogP contribution in [0.25, 0.3) is 0 Å². The second-order valence-corrected chi connectivity index (χ2v) is 10.1. The first kappa shape index (κ1) is 24.1. The molecule has 1 fully saturated rings. The maximum Gasteiger partial charge on any atom is 0.224 e. The molecule has 32 heavy (non-hydrogen) atoms. The molecule has 8 heteroatoms. The molecule has 1 atom stereocenters. The van der Waals surface area contributed by atoms with Crippen molar-refractivity contribution in [3.8, 4) is 11.5 Å². The lowest BCUT2D eigenvalue weighted by Gasteiger charge is -2.31. The second-order valence-electron chi connectivity index (χ2n) is 8.01. The summed E-state index contributed by atoms with van der Waals surface area (Å²) < 4.78 is 37.7. The van der Waals surface area contributed by atoms with E-state index in [2.05, 4.69) is 5.32 Å². The van der Waals surface area contributed by atoms with E-state index in [9.17, 15) is 13.2 Å². The fourth-order valence-corrected chi connectivity index (χ4v) is 5.55. The average Bonchev–Trinajstić information content (AvgIpc) is 2.83. The fraction of sp³-hybridized carbons (Fsp3) is 0.458. The van der Waals surface area contributed by atoms with Gasteiger partial charge < -0.3 is 14.8 Å². The van der Waals surface area contributed by atoms with E-state index in [0.29, 0.717) is 43.9 Å². The topological polar surface area (TPSA) is 84.9 Å². The predicted molar refractivity (Wildman–Crippen MR) is 124 cm³/mol. The van der Waals surface area contributed by atoms with Crippen LogP contribution < -0.4 is 14.8 Å². The van der Waals surface area contributed by atoms with Crippen molar-refractivity contribution in [1.82, 2.24) is 9.62 Å². The van der Waals surface area contributed by atoms with Crippen LogP contribution in [-0.2, 0) is 27.8 Å². The number of carbonyl (C=O) groups is 1. The minimum absolute atomic E-state index is 0.0991. The summed E-state index contributed by atoms with van der Waals surface area (Å²) in [6.45, 7) is 1.07. The van der Waals surface area contributed by atoms with Gasteiger partial charge in [0.15, 0.2) is 11.5 Å². The van der Waals surface area contributed by atoms with Gasteiger partial charge in [-0.2, -0.15) is 0 Å². The Hall–Kier alpha value is -2.58. The average molecular weight is 461 g/mol. The lowest BCUT2D eigenvalue weighted by Crippen LogP contribution is -2.46. The summed E-state index contributed by atoms with van der Waals surface area (Å²) in [5.41, 5.74) is 2.02. The SMILES string of the molecule is COc1ccc(CNC(=O)[C@@H]2CCCN(S(=O)(=O)CCCc3ccccc3)C2)cc1OC. The van der Waals surface area contributed by atoms with Crippen molar-refractivity contribution in [2.75, 3.05) is 33.1 Å². The number of hydrogen-bond donors (Lipinski definition) is 1. The van der Waals surface area contributed by atoms with Gasteiger partial charge in [0.05, 0.1) is 25.9 Å². The molecule has 0 aliphatic carbocycles. The zero-order valence-corrected chi connectivity index (χ0v) is 19.6. The number of piperidine rings is 1. The molecule has 1 heterocycles. The first-order valence-corrected chi connectivity index (χ1v) is 12.5. The largest absolute Gasteiger partial charge is 0.493 e. The maximum atomic E-state index is 12.8. The number of amides is 1. The number of rotatable bonds is 10. The highest BCUT2D eigenvalue weighted by molar-refractivity contribution is 7.89. The van der Waals surface area contributed by atoms with Crippen LogP contribution in [0, 0.1) is 5.92 Å². The Morgan fingerprint density at radius 1 is 1.06 bits per heavy atom. The summed E-state index contributed by atoms with van der Waals surface area (Å²) in [5.74, 6) is 0.867. The molecule has 0 bridgehead atoms. The predicted octanol–water partition coefficient (Wildman–Crippen LogP) is 2.99. The van der Waals surface area contributed by atoms with Gasteiger partial charge in [0.1, 0.15) is 0 Å². The maximum absolute atomic E-state index is 12.8. The van der Waals surface area contributed by atoms with E-state index in [4.69, 9.17) is 9.47 Å². The Morgan fingerprint density at radius 3 is 2.53 bits per heavy atom. The Morgan fingerprint density at radius 2 is 1.81 bits per heavy atom. The first-order valence-electron chi connectivity index (χ1n) is 10.9. The molecule has 1 saturated heterocycles. The Balaban J connectivity index is 1.51. The van der Waals surface area contributed by atoms with E-state index < -0.39 is 10.0 Å². The van der Waals surface area contributed by atoms with E-state index in [0.717, 1.165) is 17.5 Å². The molecule has 0 saturated carbocycles. The lowest BCUT2D eigenvalue weighted by molar-refractivity contribution is -0.126. The van der Waals surface area contributed by atoms with Crippen LogP contribution in [-0.4, -0.2) is 51.7 Å². The summed E-state index contributed by atoms with van der Waals surface area (Å²) in [7, 11) is -0.241. The van der Waals surface area contributed by atoms with Gasteiger partial charge in [-0.15, -0.1) is 0 Å². The Labute approximate surface area is 190 Å². The summed E-state index contributed by atoms with van der Waals surface area (Å²) in [6.07, 6.45) is 2.67. The molecule has 7 nitrogen and oxygen atoms in total. The summed E-state index contributed by atoms with van der Waals surface area (Å²) in [4.78, 5) is 12.7. The van der Waals surface area contributed by atoms with Crippen LogP contribution in [0.4, 0.5) is 0 Å². The van der Waals surface area contributed by atoms with Gasteiger partial charge >= 0.3 is 0 Å². The number of benzene rings is 2. The van der Waals surface area contributed by atoms with Crippen molar-refractivity contribution in [3.05, 3.63) is 59.7 Å². The molecule has 3 rings (SSSR count). The number of aryl methyl sites for hydroxylation is 1. The van der Waals surface area contributed by atoms with Gasteiger partial charge in [0, 0.05) is 19.6 Å². The molecule has 1 N–H and O–H groups in total. The van der Waals surface area contributed by atoms with Crippen molar-refractivity contribution >= 4 is 15.9 Å². The van der Waals surface area contributed by atoms with Gasteiger partial charge in [-0.05, 0) is 48.9 Å². The van der Waals surface area contributed by atoms with Gasteiger partial charge in [0.2, 0.25) is 15.9 Å². The van der Waals surface area contributed by atoms with Crippen molar-refractivity contribution in [2.45, 2.75) is 32.2 Å². The zero-order valence-electron chi connectivity index (χ0n) is 18.7. The highest BCUT2D eigenvalue weighted by Crippen LogP contribution is 2.27. The van der Waals surface area contributed by atoms with E-state index in [1.807, 2.05) is 42.5 Å². The number of sulfonamides is 1. The van der Waals surface area contributed by atoms with Gasteiger partial charge in [-0.1, -0.05) is 36.4 Å². The molecule has 0 radical (unpaired) electrons. The third-order valence-corrected chi connectivity index (χ3v) is 7.70. The Bertz CT molecular complexity index is 995. The number of carbonyl (C=O) groups excluding carboxylic acids is 1. The highest BCUT2D eigenvalue weighted by Gasteiger charge is 2.32. The van der Waals surface area contributed by atoms with Crippen LogP contribution in [0.2, 0.25) is 0 Å². The van der Waals surface area contributed by atoms with Crippen molar-refractivity contribution < 1.29 is 22.7 Å². The number of nitrogens with zero attached hydrogens (tertiary/aromatic N) is 1. The fourth-order valence-electron chi connectivity index (χ4n) is 3.97. The monoisotopic (exact) mass is 460 g/mol. The first-order chi connectivity index (χ1) is 15.4. The summed E-state index contributed by atoms with van der Waals surface area (Å²) >= 11 is 0. The number of methoxy groups -OCH3 is 2. The second kappa shape index (κ2) is 11.3. The standard InChI is InChI=1S/C24H32N2O5S/c1-30-22-13-12-20(16-23(22)31-2)17-25-24(27)21-11-6-14-26(18-21)32(28,29)15-7-10-19-8-4-3-5-9-19/h3-5,8-9,12-13,16,21H,6-7,10-11,14-15,17-18H2,1-2H3,(H,25,27)/t21-/m1/s1. The van der Waals surface area contributed by atoms with Crippen LogP contribution in [0.1, 0.15) is 30.4 Å². The smallest absolute Gasteiger partial charge is 0.224 e. The van der Waals surface area contributed by atoms with Crippen LogP contribution >= 0.6 is 0 Å².